The number of likely N-dealkylation sites (N-methyl/N-ethyl adjacent to an activating group) is 1. The number of aryl methyl sites for hydroxylation is 1. The number of ether oxygens (including phenoxy) is 2. The summed E-state index contributed by atoms with van der Waals surface area (Å²) in [4.78, 5) is 18.9. The molecule has 0 fully saturated rings. The van der Waals surface area contributed by atoms with E-state index in [1.54, 1.807) is 13.0 Å². The number of halogens is 4. The van der Waals surface area contributed by atoms with Gasteiger partial charge in [-0.15, -0.1) is 0 Å². The van der Waals surface area contributed by atoms with Gasteiger partial charge in [0.1, 0.15) is 5.75 Å². The number of carbonyl (C=O) groups is 1. The molecule has 1 heterocycles. The molecule has 0 radical (unpaired) electrons. The molecule has 0 unspecified atom stereocenters. The van der Waals surface area contributed by atoms with Crippen LogP contribution in [0.15, 0.2) is 41.4 Å². The summed E-state index contributed by atoms with van der Waals surface area (Å²) in [5, 5.41) is 0. The number of hydrogen-bond acceptors (Lipinski definition) is 5. The summed E-state index contributed by atoms with van der Waals surface area (Å²) >= 11 is 0. The van der Waals surface area contributed by atoms with E-state index < -0.39 is 30.5 Å². The van der Waals surface area contributed by atoms with E-state index in [2.05, 4.69) is 9.73 Å². The summed E-state index contributed by atoms with van der Waals surface area (Å²) in [7, 11) is 1.44. The fraction of sp³-hybridized carbons (Fsp3) is 0.364. The van der Waals surface area contributed by atoms with Crippen molar-refractivity contribution in [2.24, 2.45) is 10.7 Å². The lowest BCUT2D eigenvalue weighted by Gasteiger charge is -2.27. The Bertz CT molecular complexity index is 1030. The third kappa shape index (κ3) is 4.21. The van der Waals surface area contributed by atoms with Crippen LogP contribution in [0.5, 0.6) is 11.5 Å². The molecule has 32 heavy (non-hydrogen) atoms. The number of alkyl halides is 3. The molecule has 172 valence electrons. The molecular weight excluding hydrogens is 430 g/mol. The fourth-order valence-electron chi connectivity index (χ4n) is 3.55. The van der Waals surface area contributed by atoms with Crippen molar-refractivity contribution < 1.29 is 31.8 Å². The van der Waals surface area contributed by atoms with Gasteiger partial charge in [0.25, 0.3) is 5.91 Å². The lowest BCUT2D eigenvalue weighted by Crippen LogP contribution is -2.41. The van der Waals surface area contributed by atoms with E-state index in [9.17, 15) is 22.4 Å². The molecule has 1 amide bonds. The summed E-state index contributed by atoms with van der Waals surface area (Å²) in [5.74, 6) is -1.45. The molecular formula is C22H23F4N3O3. The second-order valence-electron chi connectivity index (χ2n) is 7.14. The van der Waals surface area contributed by atoms with Crippen molar-refractivity contribution in [3.05, 3.63) is 58.9 Å². The Balaban J connectivity index is 2.17. The minimum atomic E-state index is -3.01. The summed E-state index contributed by atoms with van der Waals surface area (Å²) in [6.07, 6.45) is 0.420. The highest BCUT2D eigenvalue weighted by atomic mass is 19.3. The number of carbonyl (C=O) groups excluding carboxylic acids is 1. The lowest BCUT2D eigenvalue weighted by atomic mass is 9.81. The molecule has 2 N–H and O–H groups in total. The summed E-state index contributed by atoms with van der Waals surface area (Å²) in [6.45, 7) is -1.93. The zero-order valence-corrected chi connectivity index (χ0v) is 17.6. The average molecular weight is 453 g/mol. The maximum absolute atomic E-state index is 14.3. The molecule has 0 saturated heterocycles. The molecule has 10 heteroatoms. The Labute approximate surface area is 182 Å². The van der Waals surface area contributed by atoms with Crippen LogP contribution >= 0.6 is 0 Å². The smallest absolute Gasteiger partial charge is 0.387 e. The Kier molecular flexibility index (Phi) is 6.90. The third-order valence-corrected chi connectivity index (χ3v) is 5.20. The second-order valence-corrected chi connectivity index (χ2v) is 7.14. The van der Waals surface area contributed by atoms with Gasteiger partial charge in [0.05, 0.1) is 13.3 Å². The van der Waals surface area contributed by atoms with E-state index in [-0.39, 0.29) is 36.0 Å². The molecule has 0 saturated carbocycles. The second kappa shape index (κ2) is 9.46. The molecule has 0 bridgehead atoms. The number of amides is 1. The van der Waals surface area contributed by atoms with E-state index in [0.717, 1.165) is 11.0 Å². The van der Waals surface area contributed by atoms with Crippen molar-refractivity contribution >= 4 is 11.9 Å². The van der Waals surface area contributed by atoms with Crippen LogP contribution in [0.4, 0.5) is 17.6 Å². The summed E-state index contributed by atoms with van der Waals surface area (Å²) in [6, 6.07) is 8.13. The Hall–Kier alpha value is -3.30. The van der Waals surface area contributed by atoms with E-state index >= 15 is 0 Å². The number of hydrogen-bond donors (Lipinski definition) is 1. The number of aliphatic imine (C=N–C) groups is 1. The van der Waals surface area contributed by atoms with E-state index in [1.165, 1.54) is 31.3 Å². The zero-order chi connectivity index (χ0) is 23.5. The van der Waals surface area contributed by atoms with Crippen LogP contribution in [0.2, 0.25) is 0 Å². The first-order chi connectivity index (χ1) is 15.2. The standard InChI is InChI=1S/C22H23F4N3O3/c1-3-13-11-14(6-8-17(13)32-20(25)26)22(19(30)29(2)21(27)28-22)15-5-7-16(24)18(12-15)31-10-4-9-23/h5-8,11-12,20H,3-4,9-10H2,1-2H3,(H2,27,28)/t22-/m0/s1. The largest absolute Gasteiger partial charge is 0.490 e. The maximum atomic E-state index is 14.3. The Morgan fingerprint density at radius 1 is 1.16 bits per heavy atom. The van der Waals surface area contributed by atoms with Gasteiger partial charge in [0, 0.05) is 13.5 Å². The van der Waals surface area contributed by atoms with Crippen molar-refractivity contribution in [1.29, 1.82) is 0 Å². The van der Waals surface area contributed by atoms with Crippen molar-refractivity contribution in [2.45, 2.75) is 31.9 Å². The van der Waals surface area contributed by atoms with Crippen LogP contribution in [0.3, 0.4) is 0 Å². The highest BCUT2D eigenvalue weighted by Gasteiger charge is 2.50. The molecule has 0 aliphatic carbocycles. The molecule has 2 aromatic rings. The molecule has 0 spiro atoms. The number of rotatable bonds is 9. The van der Waals surface area contributed by atoms with Gasteiger partial charge in [-0.05, 0) is 47.4 Å². The SMILES string of the molecule is CCc1cc([C@@]2(c3ccc(F)c(OCCCF)c3)N=C(N)N(C)C2=O)ccc1OC(F)F. The van der Waals surface area contributed by atoms with Crippen molar-refractivity contribution in [3.63, 3.8) is 0 Å². The molecule has 3 rings (SSSR count). The predicted octanol–water partition coefficient (Wildman–Crippen LogP) is 3.76. The van der Waals surface area contributed by atoms with Crippen LogP contribution in [-0.4, -0.2) is 43.7 Å². The number of guanidine groups is 1. The topological polar surface area (TPSA) is 77.2 Å². The van der Waals surface area contributed by atoms with Gasteiger partial charge < -0.3 is 15.2 Å². The first-order valence-corrected chi connectivity index (χ1v) is 9.95. The van der Waals surface area contributed by atoms with Gasteiger partial charge in [-0.1, -0.05) is 19.1 Å². The van der Waals surface area contributed by atoms with Crippen molar-refractivity contribution in [3.8, 4) is 11.5 Å². The van der Waals surface area contributed by atoms with E-state index in [1.807, 2.05) is 0 Å². The van der Waals surface area contributed by atoms with Crippen LogP contribution < -0.4 is 15.2 Å². The van der Waals surface area contributed by atoms with E-state index in [4.69, 9.17) is 10.5 Å². The quantitative estimate of drug-likeness (QED) is 0.463. The highest BCUT2D eigenvalue weighted by Crippen LogP contribution is 2.42. The van der Waals surface area contributed by atoms with E-state index in [0.29, 0.717) is 17.5 Å². The Morgan fingerprint density at radius 3 is 2.44 bits per heavy atom. The van der Waals surface area contributed by atoms with Crippen LogP contribution in [-0.2, 0) is 16.8 Å². The maximum Gasteiger partial charge on any atom is 0.387 e. The molecule has 2 aromatic carbocycles. The zero-order valence-electron chi connectivity index (χ0n) is 17.6. The fourth-order valence-corrected chi connectivity index (χ4v) is 3.55. The number of nitrogens with zero attached hydrogens (tertiary/aromatic N) is 2. The average Bonchev–Trinajstić information content (AvgIpc) is 3.00. The third-order valence-electron chi connectivity index (χ3n) is 5.20. The predicted molar refractivity (Wildman–Crippen MR) is 110 cm³/mol. The lowest BCUT2D eigenvalue weighted by molar-refractivity contribution is -0.129. The van der Waals surface area contributed by atoms with Crippen LogP contribution in [0.25, 0.3) is 0 Å². The first-order valence-electron chi connectivity index (χ1n) is 9.95. The van der Waals surface area contributed by atoms with Crippen molar-refractivity contribution in [2.75, 3.05) is 20.3 Å². The van der Waals surface area contributed by atoms with Gasteiger partial charge in [-0.25, -0.2) is 9.38 Å². The van der Waals surface area contributed by atoms with Crippen LogP contribution in [0.1, 0.15) is 30.0 Å². The van der Waals surface area contributed by atoms with Crippen molar-refractivity contribution in [1.82, 2.24) is 4.90 Å². The van der Waals surface area contributed by atoms with Gasteiger partial charge in [-0.3, -0.25) is 14.1 Å². The minimum Gasteiger partial charge on any atom is -0.490 e. The summed E-state index contributed by atoms with van der Waals surface area (Å²) < 4.78 is 62.1. The monoisotopic (exact) mass is 453 g/mol. The Morgan fingerprint density at radius 2 is 1.84 bits per heavy atom. The van der Waals surface area contributed by atoms with Gasteiger partial charge >= 0.3 is 6.61 Å². The van der Waals surface area contributed by atoms with Gasteiger partial charge in [0.2, 0.25) is 0 Å². The summed E-state index contributed by atoms with van der Waals surface area (Å²) in [5.41, 5.74) is 5.29. The first kappa shape index (κ1) is 23.4. The molecule has 1 atom stereocenters. The molecule has 1 aliphatic heterocycles. The van der Waals surface area contributed by atoms with Crippen LogP contribution in [0, 0.1) is 5.82 Å². The highest BCUT2D eigenvalue weighted by molar-refractivity contribution is 6.09. The molecule has 0 aromatic heterocycles. The molecule has 6 nitrogen and oxygen atoms in total. The number of benzene rings is 2. The van der Waals surface area contributed by atoms with Gasteiger partial charge in [0.15, 0.2) is 23.1 Å². The minimum absolute atomic E-state index is 0.0218. The van der Waals surface area contributed by atoms with Gasteiger partial charge in [-0.2, -0.15) is 8.78 Å². The number of nitrogens with two attached hydrogens (primary N) is 1. The molecule has 1 aliphatic rings. The normalized spacial score (nSPS) is 18.3.